The van der Waals surface area contributed by atoms with Crippen LogP contribution in [-0.2, 0) is 6.54 Å². The maximum Gasteiger partial charge on any atom is 0.259 e. The molecule has 1 aliphatic rings. The molecule has 2 aromatic carbocycles. The maximum absolute atomic E-state index is 12.5. The Morgan fingerprint density at radius 3 is 2.75 bits per heavy atom. The lowest BCUT2D eigenvalue weighted by Gasteiger charge is -2.14. The normalized spacial score (nSPS) is 13.4. The molecule has 5 nitrogen and oxygen atoms in total. The molecule has 0 fully saturated rings. The lowest BCUT2D eigenvalue weighted by Crippen LogP contribution is -2.26. The van der Waals surface area contributed by atoms with E-state index in [0.717, 1.165) is 22.0 Å². The third-order valence-corrected chi connectivity index (χ3v) is 3.51. The Morgan fingerprint density at radius 2 is 2.00 bits per heavy atom. The van der Waals surface area contributed by atoms with Crippen LogP contribution in [0.4, 0.5) is 5.69 Å². The summed E-state index contributed by atoms with van der Waals surface area (Å²) >= 11 is 0. The highest BCUT2D eigenvalue weighted by Gasteiger charge is 2.30. The average Bonchev–Trinajstić information content (AvgIpc) is 2.98. The van der Waals surface area contributed by atoms with Crippen molar-refractivity contribution in [3.8, 4) is 0 Å². The molecule has 0 spiro atoms. The zero-order chi connectivity index (χ0) is 13.7. The Hall–Kier alpha value is -2.69. The predicted molar refractivity (Wildman–Crippen MR) is 73.5 cm³/mol. The predicted octanol–water partition coefficient (Wildman–Crippen LogP) is 2.69. The third-order valence-electron chi connectivity index (χ3n) is 3.51. The molecule has 0 unspecified atom stereocenters. The van der Waals surface area contributed by atoms with E-state index in [1.807, 2.05) is 36.4 Å². The van der Waals surface area contributed by atoms with Crippen LogP contribution in [0.15, 0.2) is 40.9 Å². The minimum Gasteiger partial charge on any atom is -0.337 e. The van der Waals surface area contributed by atoms with Crippen molar-refractivity contribution in [3.05, 3.63) is 53.7 Å². The van der Waals surface area contributed by atoms with Crippen LogP contribution in [0.2, 0.25) is 0 Å². The molecule has 5 heteroatoms. The molecule has 1 aliphatic heterocycles. The van der Waals surface area contributed by atoms with E-state index in [0.29, 0.717) is 18.3 Å². The highest BCUT2D eigenvalue weighted by atomic mass is 16.5. The van der Waals surface area contributed by atoms with E-state index in [2.05, 4.69) is 10.1 Å². The number of anilines is 1. The first-order chi connectivity index (χ1) is 9.74. The van der Waals surface area contributed by atoms with Crippen molar-refractivity contribution in [2.24, 2.45) is 0 Å². The van der Waals surface area contributed by atoms with E-state index >= 15 is 0 Å². The summed E-state index contributed by atoms with van der Waals surface area (Å²) in [4.78, 5) is 18.4. The summed E-state index contributed by atoms with van der Waals surface area (Å²) in [5, 5.41) is 5.82. The summed E-state index contributed by atoms with van der Waals surface area (Å²) < 4.78 is 5.11. The van der Waals surface area contributed by atoms with Gasteiger partial charge in [-0.1, -0.05) is 29.4 Å². The Kier molecular flexibility index (Phi) is 2.18. The molecule has 0 radical (unpaired) electrons. The van der Waals surface area contributed by atoms with E-state index in [4.69, 9.17) is 4.52 Å². The van der Waals surface area contributed by atoms with Crippen LogP contribution in [0.1, 0.15) is 22.1 Å². The van der Waals surface area contributed by atoms with Gasteiger partial charge in [0.05, 0.1) is 5.69 Å². The number of hydrogen-bond donors (Lipinski definition) is 0. The van der Waals surface area contributed by atoms with Gasteiger partial charge in [0.25, 0.3) is 5.91 Å². The van der Waals surface area contributed by atoms with Gasteiger partial charge in [0.1, 0.15) is 6.54 Å². The van der Waals surface area contributed by atoms with Crippen LogP contribution >= 0.6 is 0 Å². The zero-order valence-corrected chi connectivity index (χ0v) is 10.8. The quantitative estimate of drug-likeness (QED) is 0.714. The Bertz CT molecular complexity index is 833. The molecule has 0 saturated carbocycles. The van der Waals surface area contributed by atoms with E-state index in [9.17, 15) is 4.79 Å². The number of hydrogen-bond acceptors (Lipinski definition) is 4. The molecule has 3 aromatic rings. The molecular weight excluding hydrogens is 254 g/mol. The van der Waals surface area contributed by atoms with Gasteiger partial charge in [-0.15, -0.1) is 0 Å². The van der Waals surface area contributed by atoms with Gasteiger partial charge in [-0.25, -0.2) is 0 Å². The number of amides is 1. The summed E-state index contributed by atoms with van der Waals surface area (Å²) in [6.45, 7) is 2.06. The molecule has 0 bridgehead atoms. The van der Waals surface area contributed by atoms with Crippen LogP contribution in [-0.4, -0.2) is 16.0 Å². The smallest absolute Gasteiger partial charge is 0.259 e. The number of aryl methyl sites for hydroxylation is 1. The SMILES string of the molecule is Cc1noc(CN2C(=O)c3cccc4cccc2c34)n1. The summed E-state index contributed by atoms with van der Waals surface area (Å²) in [6.07, 6.45) is 0. The van der Waals surface area contributed by atoms with Crippen LogP contribution in [0, 0.1) is 6.92 Å². The summed E-state index contributed by atoms with van der Waals surface area (Å²) in [5.74, 6) is 0.996. The van der Waals surface area contributed by atoms with Gasteiger partial charge in [-0.05, 0) is 24.4 Å². The first kappa shape index (κ1) is 11.2. The van der Waals surface area contributed by atoms with Gasteiger partial charge in [-0.2, -0.15) is 4.98 Å². The van der Waals surface area contributed by atoms with Gasteiger partial charge >= 0.3 is 0 Å². The number of benzene rings is 2. The van der Waals surface area contributed by atoms with Gasteiger partial charge in [0.15, 0.2) is 5.82 Å². The van der Waals surface area contributed by atoms with Gasteiger partial charge < -0.3 is 4.52 Å². The van der Waals surface area contributed by atoms with E-state index in [1.54, 1.807) is 11.8 Å². The monoisotopic (exact) mass is 265 g/mol. The molecule has 0 saturated heterocycles. The van der Waals surface area contributed by atoms with Crippen molar-refractivity contribution in [1.29, 1.82) is 0 Å². The molecule has 4 rings (SSSR count). The fourth-order valence-electron chi connectivity index (χ4n) is 2.68. The van der Waals surface area contributed by atoms with E-state index < -0.39 is 0 Å². The van der Waals surface area contributed by atoms with Gasteiger partial charge in [0.2, 0.25) is 5.89 Å². The van der Waals surface area contributed by atoms with Crippen LogP contribution in [0.5, 0.6) is 0 Å². The molecule has 0 atom stereocenters. The first-order valence-corrected chi connectivity index (χ1v) is 6.37. The summed E-state index contributed by atoms with van der Waals surface area (Å²) in [5.41, 5.74) is 1.63. The molecule has 98 valence electrons. The lowest BCUT2D eigenvalue weighted by molar-refractivity contribution is 0.0988. The molecule has 0 N–H and O–H groups in total. The van der Waals surface area contributed by atoms with Crippen molar-refractivity contribution in [2.75, 3.05) is 4.90 Å². The fourth-order valence-corrected chi connectivity index (χ4v) is 2.68. The number of rotatable bonds is 2. The van der Waals surface area contributed by atoms with Crippen molar-refractivity contribution < 1.29 is 9.32 Å². The minimum absolute atomic E-state index is 0.0207. The second kappa shape index (κ2) is 3.90. The maximum atomic E-state index is 12.5. The topological polar surface area (TPSA) is 59.2 Å². The Morgan fingerprint density at radius 1 is 1.20 bits per heavy atom. The van der Waals surface area contributed by atoms with Crippen molar-refractivity contribution >= 4 is 22.4 Å². The van der Waals surface area contributed by atoms with Crippen LogP contribution in [0.3, 0.4) is 0 Å². The van der Waals surface area contributed by atoms with Crippen LogP contribution < -0.4 is 4.90 Å². The largest absolute Gasteiger partial charge is 0.337 e. The molecule has 1 amide bonds. The Balaban J connectivity index is 1.84. The number of carbonyl (C=O) groups excluding carboxylic acids is 1. The Labute approximate surface area is 114 Å². The standard InChI is InChI=1S/C15H11N3O2/c1-9-16-13(20-17-9)8-18-12-7-3-5-10-4-2-6-11(14(10)12)15(18)19/h2-7H,8H2,1H3. The third kappa shape index (κ3) is 1.46. The van der Waals surface area contributed by atoms with Crippen LogP contribution in [0.25, 0.3) is 10.8 Å². The molecule has 1 aromatic heterocycles. The van der Waals surface area contributed by atoms with Crippen molar-refractivity contribution in [3.63, 3.8) is 0 Å². The van der Waals surface area contributed by atoms with E-state index in [-0.39, 0.29) is 5.91 Å². The second-order valence-electron chi connectivity index (χ2n) is 4.81. The van der Waals surface area contributed by atoms with Gasteiger partial charge in [0, 0.05) is 10.9 Å². The highest BCUT2D eigenvalue weighted by Crippen LogP contribution is 2.37. The number of carbonyl (C=O) groups is 1. The molecule has 20 heavy (non-hydrogen) atoms. The number of aromatic nitrogens is 2. The highest BCUT2D eigenvalue weighted by molar-refractivity contribution is 6.24. The van der Waals surface area contributed by atoms with Crippen molar-refractivity contribution in [2.45, 2.75) is 13.5 Å². The fraction of sp³-hybridized carbons (Fsp3) is 0.133. The summed E-state index contributed by atoms with van der Waals surface area (Å²) in [6, 6.07) is 11.7. The second-order valence-corrected chi connectivity index (χ2v) is 4.81. The molecule has 0 aliphatic carbocycles. The van der Waals surface area contributed by atoms with Gasteiger partial charge in [-0.3, -0.25) is 9.69 Å². The average molecular weight is 265 g/mol. The minimum atomic E-state index is -0.0207. The summed E-state index contributed by atoms with van der Waals surface area (Å²) in [7, 11) is 0. The number of nitrogens with zero attached hydrogens (tertiary/aromatic N) is 3. The molecular formula is C15H11N3O2. The lowest BCUT2D eigenvalue weighted by atomic mass is 10.1. The first-order valence-electron chi connectivity index (χ1n) is 6.37. The van der Waals surface area contributed by atoms with E-state index in [1.165, 1.54) is 0 Å². The van der Waals surface area contributed by atoms with Crippen molar-refractivity contribution in [1.82, 2.24) is 10.1 Å². The molecule has 2 heterocycles. The zero-order valence-electron chi connectivity index (χ0n) is 10.8.